The first-order valence-corrected chi connectivity index (χ1v) is 8.60. The van der Waals surface area contributed by atoms with Crippen molar-refractivity contribution in [2.75, 3.05) is 6.54 Å². The summed E-state index contributed by atoms with van der Waals surface area (Å²) in [6.45, 7) is 3.77. The molecule has 5 nitrogen and oxygen atoms in total. The van der Waals surface area contributed by atoms with Crippen LogP contribution >= 0.6 is 0 Å². The second kappa shape index (κ2) is 8.80. The van der Waals surface area contributed by atoms with Gasteiger partial charge in [0.15, 0.2) is 5.96 Å². The van der Waals surface area contributed by atoms with Gasteiger partial charge >= 0.3 is 0 Å². The molecule has 0 fully saturated rings. The van der Waals surface area contributed by atoms with E-state index in [1.54, 1.807) is 6.07 Å². The second-order valence-electron chi connectivity index (χ2n) is 5.81. The van der Waals surface area contributed by atoms with E-state index in [1.807, 2.05) is 60.4 Å². The summed E-state index contributed by atoms with van der Waals surface area (Å²) in [5.41, 5.74) is 2.89. The lowest BCUT2D eigenvalue weighted by Crippen LogP contribution is -2.36. The Morgan fingerprint density at radius 1 is 1.08 bits per heavy atom. The van der Waals surface area contributed by atoms with Gasteiger partial charge in [-0.15, -0.1) is 0 Å². The lowest BCUT2D eigenvalue weighted by atomic mass is 10.2. The van der Waals surface area contributed by atoms with Crippen molar-refractivity contribution in [2.45, 2.75) is 20.0 Å². The lowest BCUT2D eigenvalue weighted by molar-refractivity contribution is 0.624. The molecule has 0 spiro atoms. The van der Waals surface area contributed by atoms with Crippen LogP contribution in [0.3, 0.4) is 0 Å². The maximum atomic E-state index is 13.3. The Morgan fingerprint density at radius 3 is 2.69 bits per heavy atom. The molecule has 0 amide bonds. The molecule has 0 aliphatic rings. The summed E-state index contributed by atoms with van der Waals surface area (Å²) in [5.74, 6) is 0.448. The number of hydrogen-bond donors (Lipinski definition) is 2. The molecule has 6 heteroatoms. The average Bonchev–Trinajstić information content (AvgIpc) is 3.14. The first-order valence-electron chi connectivity index (χ1n) is 8.60. The Bertz CT molecular complexity index is 857. The number of aromatic nitrogens is 2. The number of para-hydroxylation sites is 1. The zero-order chi connectivity index (χ0) is 18.2. The summed E-state index contributed by atoms with van der Waals surface area (Å²) in [5, 5.41) is 10.8. The van der Waals surface area contributed by atoms with Crippen molar-refractivity contribution in [1.29, 1.82) is 0 Å². The van der Waals surface area contributed by atoms with Gasteiger partial charge in [0.2, 0.25) is 0 Å². The third kappa shape index (κ3) is 4.92. The largest absolute Gasteiger partial charge is 0.357 e. The normalized spacial score (nSPS) is 11.4. The fourth-order valence-corrected chi connectivity index (χ4v) is 2.51. The molecule has 1 heterocycles. The molecule has 3 rings (SSSR count). The first kappa shape index (κ1) is 17.7. The number of rotatable bonds is 6. The molecule has 1 aromatic heterocycles. The monoisotopic (exact) mass is 351 g/mol. The minimum absolute atomic E-state index is 0.237. The SMILES string of the molecule is CCNC(=NCc1cnn(-c2ccccc2)c1)NCc1cccc(F)c1. The molecule has 0 bridgehead atoms. The van der Waals surface area contributed by atoms with Crippen molar-refractivity contribution >= 4 is 5.96 Å². The average molecular weight is 351 g/mol. The first-order chi connectivity index (χ1) is 12.7. The molecule has 0 aliphatic heterocycles. The van der Waals surface area contributed by atoms with E-state index >= 15 is 0 Å². The Balaban J connectivity index is 1.63. The molecule has 0 radical (unpaired) electrons. The Labute approximate surface area is 152 Å². The number of nitrogens with zero attached hydrogens (tertiary/aromatic N) is 3. The maximum Gasteiger partial charge on any atom is 0.191 e. The van der Waals surface area contributed by atoms with Crippen molar-refractivity contribution in [3.8, 4) is 5.69 Å². The smallest absolute Gasteiger partial charge is 0.191 e. The van der Waals surface area contributed by atoms with E-state index in [2.05, 4.69) is 20.7 Å². The fraction of sp³-hybridized carbons (Fsp3) is 0.200. The van der Waals surface area contributed by atoms with E-state index in [-0.39, 0.29) is 5.82 Å². The number of aliphatic imine (C=N–C) groups is 1. The molecule has 0 atom stereocenters. The maximum absolute atomic E-state index is 13.3. The van der Waals surface area contributed by atoms with Gasteiger partial charge in [0.25, 0.3) is 0 Å². The van der Waals surface area contributed by atoms with Crippen molar-refractivity contribution in [2.24, 2.45) is 4.99 Å². The minimum Gasteiger partial charge on any atom is -0.357 e. The Kier molecular flexibility index (Phi) is 5.98. The van der Waals surface area contributed by atoms with E-state index in [0.717, 1.165) is 23.4 Å². The predicted molar refractivity (Wildman–Crippen MR) is 102 cm³/mol. The lowest BCUT2D eigenvalue weighted by Gasteiger charge is -2.11. The van der Waals surface area contributed by atoms with Gasteiger partial charge in [0.05, 0.1) is 18.4 Å². The number of benzene rings is 2. The summed E-state index contributed by atoms with van der Waals surface area (Å²) in [6.07, 6.45) is 3.78. The van der Waals surface area contributed by atoms with Crippen LogP contribution in [0.5, 0.6) is 0 Å². The zero-order valence-corrected chi connectivity index (χ0v) is 14.7. The third-order valence-corrected chi connectivity index (χ3v) is 3.77. The van der Waals surface area contributed by atoms with Crippen LogP contribution in [0.1, 0.15) is 18.1 Å². The van der Waals surface area contributed by atoms with Gasteiger partial charge in [-0.1, -0.05) is 30.3 Å². The molecule has 0 saturated heterocycles. The van der Waals surface area contributed by atoms with Gasteiger partial charge in [-0.05, 0) is 36.8 Å². The molecule has 0 unspecified atom stereocenters. The van der Waals surface area contributed by atoms with Crippen molar-refractivity contribution in [1.82, 2.24) is 20.4 Å². The summed E-state index contributed by atoms with van der Waals surface area (Å²) < 4.78 is 15.1. The number of hydrogen-bond acceptors (Lipinski definition) is 2. The van der Waals surface area contributed by atoms with Crippen molar-refractivity contribution in [3.63, 3.8) is 0 Å². The highest BCUT2D eigenvalue weighted by molar-refractivity contribution is 5.79. The topological polar surface area (TPSA) is 54.2 Å². The Morgan fingerprint density at radius 2 is 1.92 bits per heavy atom. The van der Waals surface area contributed by atoms with E-state index in [9.17, 15) is 4.39 Å². The molecule has 0 saturated carbocycles. The zero-order valence-electron chi connectivity index (χ0n) is 14.7. The summed E-state index contributed by atoms with van der Waals surface area (Å²) in [6, 6.07) is 16.5. The van der Waals surface area contributed by atoms with Gasteiger partial charge in [0.1, 0.15) is 5.82 Å². The molecule has 2 N–H and O–H groups in total. The Hall–Kier alpha value is -3.15. The molecule has 0 aliphatic carbocycles. The molecular weight excluding hydrogens is 329 g/mol. The van der Waals surface area contributed by atoms with Crippen LogP contribution in [0.15, 0.2) is 72.0 Å². The van der Waals surface area contributed by atoms with Crippen LogP contribution in [-0.2, 0) is 13.1 Å². The fourth-order valence-electron chi connectivity index (χ4n) is 2.51. The second-order valence-corrected chi connectivity index (χ2v) is 5.81. The highest BCUT2D eigenvalue weighted by Gasteiger charge is 2.02. The number of nitrogens with one attached hydrogen (secondary N) is 2. The van der Waals surface area contributed by atoms with Crippen LogP contribution in [-0.4, -0.2) is 22.3 Å². The highest BCUT2D eigenvalue weighted by atomic mass is 19.1. The summed E-state index contributed by atoms with van der Waals surface area (Å²) >= 11 is 0. The van der Waals surface area contributed by atoms with Crippen molar-refractivity contribution < 1.29 is 4.39 Å². The van der Waals surface area contributed by atoms with E-state index < -0.39 is 0 Å². The summed E-state index contributed by atoms with van der Waals surface area (Å²) in [7, 11) is 0. The van der Waals surface area contributed by atoms with E-state index in [1.165, 1.54) is 12.1 Å². The number of halogens is 1. The van der Waals surface area contributed by atoms with Crippen LogP contribution in [0, 0.1) is 5.82 Å². The van der Waals surface area contributed by atoms with Gasteiger partial charge in [-0.3, -0.25) is 0 Å². The van der Waals surface area contributed by atoms with Crippen molar-refractivity contribution in [3.05, 3.63) is 83.9 Å². The van der Waals surface area contributed by atoms with Crippen LogP contribution in [0.2, 0.25) is 0 Å². The minimum atomic E-state index is -0.237. The van der Waals surface area contributed by atoms with Gasteiger partial charge in [-0.25, -0.2) is 14.1 Å². The molecular formula is C20H22FN5. The van der Waals surface area contributed by atoms with E-state index in [4.69, 9.17) is 0 Å². The number of guanidine groups is 1. The summed E-state index contributed by atoms with van der Waals surface area (Å²) in [4.78, 5) is 4.58. The standard InChI is InChI=1S/C20H22FN5/c1-2-22-20(23-12-16-7-6-8-18(21)11-16)24-13-17-14-25-26(15-17)19-9-4-3-5-10-19/h3-11,14-15H,2,12-13H2,1H3,(H2,22,23,24). The van der Waals surface area contributed by atoms with Crippen LogP contribution < -0.4 is 10.6 Å². The van der Waals surface area contributed by atoms with Gasteiger partial charge < -0.3 is 10.6 Å². The van der Waals surface area contributed by atoms with Crippen LogP contribution in [0.25, 0.3) is 5.69 Å². The molecule has 3 aromatic rings. The van der Waals surface area contributed by atoms with E-state index in [0.29, 0.717) is 19.0 Å². The quantitative estimate of drug-likeness (QED) is 0.529. The molecule has 134 valence electrons. The van der Waals surface area contributed by atoms with Gasteiger partial charge in [0, 0.05) is 24.8 Å². The van der Waals surface area contributed by atoms with Crippen LogP contribution in [0.4, 0.5) is 4.39 Å². The predicted octanol–water partition coefficient (Wildman–Crippen LogP) is 3.27. The molecule has 2 aromatic carbocycles. The third-order valence-electron chi connectivity index (χ3n) is 3.77. The molecule has 26 heavy (non-hydrogen) atoms. The van der Waals surface area contributed by atoms with Gasteiger partial charge in [-0.2, -0.15) is 5.10 Å². The highest BCUT2D eigenvalue weighted by Crippen LogP contribution is 2.08.